The fourth-order valence-corrected chi connectivity index (χ4v) is 5.43. The molecule has 1 aliphatic heterocycles. The minimum Gasteiger partial charge on any atom is -0.481 e. The first-order valence-corrected chi connectivity index (χ1v) is 9.06. The van der Waals surface area contributed by atoms with Crippen LogP contribution in [-0.2, 0) is 27.5 Å². The Morgan fingerprint density at radius 1 is 1.47 bits per heavy atom. The number of sulfone groups is 1. The van der Waals surface area contributed by atoms with Gasteiger partial charge in [0.15, 0.2) is 9.84 Å². The Morgan fingerprint density at radius 3 is 2.63 bits per heavy atom. The molecule has 19 heavy (non-hydrogen) atoms. The minimum absolute atomic E-state index is 0.0238. The van der Waals surface area contributed by atoms with Crippen molar-refractivity contribution in [3.05, 3.63) is 21.9 Å². The van der Waals surface area contributed by atoms with Crippen molar-refractivity contribution in [2.75, 3.05) is 11.5 Å². The number of carbonyl (C=O) groups is 1. The first-order chi connectivity index (χ1) is 8.91. The number of aliphatic carboxylic acids is 1. The third kappa shape index (κ3) is 3.57. The quantitative estimate of drug-likeness (QED) is 0.903. The maximum Gasteiger partial charge on any atom is 0.307 e. The van der Waals surface area contributed by atoms with E-state index in [2.05, 4.69) is 6.92 Å². The van der Waals surface area contributed by atoms with Gasteiger partial charge in [-0.25, -0.2) is 8.42 Å². The van der Waals surface area contributed by atoms with Crippen LogP contribution >= 0.6 is 11.3 Å². The van der Waals surface area contributed by atoms with E-state index in [0.29, 0.717) is 12.8 Å². The van der Waals surface area contributed by atoms with Crippen molar-refractivity contribution in [2.24, 2.45) is 11.8 Å². The van der Waals surface area contributed by atoms with E-state index in [1.807, 2.05) is 12.1 Å². The molecule has 1 aromatic heterocycles. The summed E-state index contributed by atoms with van der Waals surface area (Å²) in [5.74, 6) is -1.55. The standard InChI is InChI=1S/C13H18O4S2/c1-2-10-3-4-11(18-10)7-12(13(14)15)9-5-6-19(16,17)8-9/h3-4,9,12H,2,5-8H2,1H3,(H,14,15). The molecular formula is C13H18O4S2. The Hall–Kier alpha value is -0.880. The number of aryl methyl sites for hydroxylation is 1. The van der Waals surface area contributed by atoms with E-state index in [9.17, 15) is 18.3 Å². The second-order valence-corrected chi connectivity index (χ2v) is 8.52. The highest BCUT2D eigenvalue weighted by molar-refractivity contribution is 7.91. The van der Waals surface area contributed by atoms with Crippen molar-refractivity contribution < 1.29 is 18.3 Å². The van der Waals surface area contributed by atoms with Gasteiger partial charge >= 0.3 is 5.97 Å². The van der Waals surface area contributed by atoms with Crippen LogP contribution in [0.2, 0.25) is 0 Å². The van der Waals surface area contributed by atoms with Gasteiger partial charge in [0.2, 0.25) is 0 Å². The maximum atomic E-state index is 11.5. The van der Waals surface area contributed by atoms with Gasteiger partial charge in [0.25, 0.3) is 0 Å². The summed E-state index contributed by atoms with van der Waals surface area (Å²) in [6.45, 7) is 2.06. The third-order valence-electron chi connectivity index (χ3n) is 3.64. The average molecular weight is 302 g/mol. The van der Waals surface area contributed by atoms with Crippen LogP contribution in [-0.4, -0.2) is 31.0 Å². The molecule has 0 saturated carbocycles. The van der Waals surface area contributed by atoms with E-state index >= 15 is 0 Å². The molecule has 0 amide bonds. The minimum atomic E-state index is -3.03. The van der Waals surface area contributed by atoms with Gasteiger partial charge in [0, 0.05) is 9.75 Å². The van der Waals surface area contributed by atoms with Gasteiger partial charge in [-0.05, 0) is 37.3 Å². The second-order valence-electron chi connectivity index (χ2n) is 5.03. The fraction of sp³-hybridized carbons (Fsp3) is 0.615. The van der Waals surface area contributed by atoms with Gasteiger partial charge in [-0.3, -0.25) is 4.79 Å². The Morgan fingerprint density at radius 2 is 2.16 bits per heavy atom. The molecule has 1 aliphatic rings. The summed E-state index contributed by atoms with van der Waals surface area (Å²) in [6, 6.07) is 3.98. The fourth-order valence-electron chi connectivity index (χ4n) is 2.54. The maximum absolute atomic E-state index is 11.5. The van der Waals surface area contributed by atoms with E-state index in [-0.39, 0.29) is 17.4 Å². The van der Waals surface area contributed by atoms with Crippen molar-refractivity contribution >= 4 is 27.1 Å². The lowest BCUT2D eigenvalue weighted by atomic mass is 9.88. The van der Waals surface area contributed by atoms with Crippen LogP contribution in [0.1, 0.15) is 23.1 Å². The molecule has 1 fully saturated rings. The molecule has 6 heteroatoms. The summed E-state index contributed by atoms with van der Waals surface area (Å²) in [6.07, 6.45) is 1.87. The molecule has 2 rings (SSSR count). The highest BCUT2D eigenvalue weighted by Gasteiger charge is 2.37. The highest BCUT2D eigenvalue weighted by Crippen LogP contribution is 2.30. The first kappa shape index (κ1) is 14.5. The molecule has 2 heterocycles. The van der Waals surface area contributed by atoms with Crippen LogP contribution in [0, 0.1) is 11.8 Å². The molecule has 0 aromatic carbocycles. The van der Waals surface area contributed by atoms with Crippen molar-refractivity contribution in [3.8, 4) is 0 Å². The molecule has 1 N–H and O–H groups in total. The lowest BCUT2D eigenvalue weighted by Gasteiger charge is -2.17. The van der Waals surface area contributed by atoms with Gasteiger partial charge in [-0.2, -0.15) is 0 Å². The molecule has 0 bridgehead atoms. The van der Waals surface area contributed by atoms with E-state index in [1.54, 1.807) is 11.3 Å². The van der Waals surface area contributed by atoms with Crippen LogP contribution in [0.3, 0.4) is 0 Å². The van der Waals surface area contributed by atoms with Crippen LogP contribution < -0.4 is 0 Å². The second kappa shape index (κ2) is 5.63. The zero-order chi connectivity index (χ0) is 14.0. The van der Waals surface area contributed by atoms with Gasteiger partial charge < -0.3 is 5.11 Å². The zero-order valence-corrected chi connectivity index (χ0v) is 12.5. The first-order valence-electron chi connectivity index (χ1n) is 6.42. The Kier molecular flexibility index (Phi) is 4.30. The summed E-state index contributed by atoms with van der Waals surface area (Å²) in [4.78, 5) is 13.7. The monoisotopic (exact) mass is 302 g/mol. The number of carboxylic acids is 1. The molecule has 0 spiro atoms. The lowest BCUT2D eigenvalue weighted by Crippen LogP contribution is -2.26. The number of hydrogen-bond donors (Lipinski definition) is 1. The summed E-state index contributed by atoms with van der Waals surface area (Å²) < 4.78 is 23.0. The average Bonchev–Trinajstić information content (AvgIpc) is 2.91. The van der Waals surface area contributed by atoms with E-state index in [0.717, 1.165) is 11.3 Å². The highest BCUT2D eigenvalue weighted by atomic mass is 32.2. The van der Waals surface area contributed by atoms with Gasteiger partial charge in [0.05, 0.1) is 17.4 Å². The number of rotatable bonds is 5. The van der Waals surface area contributed by atoms with Crippen molar-refractivity contribution in [3.63, 3.8) is 0 Å². The summed E-state index contributed by atoms with van der Waals surface area (Å²) >= 11 is 1.62. The Labute approximate surface area is 117 Å². The Bertz CT molecular complexity index is 559. The van der Waals surface area contributed by atoms with Crippen LogP contribution in [0.25, 0.3) is 0 Å². The van der Waals surface area contributed by atoms with Crippen LogP contribution in [0.4, 0.5) is 0 Å². The van der Waals surface area contributed by atoms with Crippen LogP contribution in [0.15, 0.2) is 12.1 Å². The number of hydrogen-bond acceptors (Lipinski definition) is 4. The summed E-state index contributed by atoms with van der Waals surface area (Å²) in [7, 11) is -3.03. The zero-order valence-electron chi connectivity index (χ0n) is 10.8. The van der Waals surface area contributed by atoms with Gasteiger partial charge in [-0.15, -0.1) is 11.3 Å². The predicted molar refractivity (Wildman–Crippen MR) is 75.3 cm³/mol. The van der Waals surface area contributed by atoms with Crippen LogP contribution in [0.5, 0.6) is 0 Å². The molecule has 1 saturated heterocycles. The number of carboxylic acid groups (broad SMARTS) is 1. The Balaban J connectivity index is 2.11. The lowest BCUT2D eigenvalue weighted by molar-refractivity contribution is -0.143. The summed E-state index contributed by atoms with van der Waals surface area (Å²) in [5, 5.41) is 9.34. The summed E-state index contributed by atoms with van der Waals surface area (Å²) in [5.41, 5.74) is 0. The van der Waals surface area contributed by atoms with Crippen molar-refractivity contribution in [1.29, 1.82) is 0 Å². The molecule has 2 atom stereocenters. The normalized spacial score (nSPS) is 23.3. The smallest absolute Gasteiger partial charge is 0.307 e. The predicted octanol–water partition coefficient (Wildman–Crippen LogP) is 1.99. The topological polar surface area (TPSA) is 71.4 Å². The van der Waals surface area contributed by atoms with Crippen molar-refractivity contribution in [2.45, 2.75) is 26.2 Å². The van der Waals surface area contributed by atoms with E-state index in [4.69, 9.17) is 0 Å². The van der Waals surface area contributed by atoms with Gasteiger partial charge in [-0.1, -0.05) is 6.92 Å². The molecule has 1 aromatic rings. The third-order valence-corrected chi connectivity index (χ3v) is 6.69. The molecule has 0 aliphatic carbocycles. The number of thiophene rings is 1. The van der Waals surface area contributed by atoms with Gasteiger partial charge in [0.1, 0.15) is 0 Å². The molecule has 106 valence electrons. The van der Waals surface area contributed by atoms with E-state index < -0.39 is 21.7 Å². The largest absolute Gasteiger partial charge is 0.481 e. The molecule has 2 unspecified atom stereocenters. The van der Waals surface area contributed by atoms with Crippen molar-refractivity contribution in [1.82, 2.24) is 0 Å². The van der Waals surface area contributed by atoms with E-state index in [1.165, 1.54) is 4.88 Å². The molecule has 4 nitrogen and oxygen atoms in total. The molecular weight excluding hydrogens is 284 g/mol. The SMILES string of the molecule is CCc1ccc(CC(C(=O)O)C2CCS(=O)(=O)C2)s1. The molecule has 0 radical (unpaired) electrons.